The van der Waals surface area contributed by atoms with Gasteiger partial charge in [0.2, 0.25) is 0 Å². The second-order valence-electron chi connectivity index (χ2n) is 6.28. The minimum absolute atomic E-state index is 0.117. The lowest BCUT2D eigenvalue weighted by molar-refractivity contribution is -0.137. The molecule has 0 spiro atoms. The van der Waals surface area contributed by atoms with Crippen molar-refractivity contribution in [3.63, 3.8) is 0 Å². The number of carboxylic acids is 1. The van der Waals surface area contributed by atoms with E-state index >= 15 is 0 Å². The van der Waals surface area contributed by atoms with Gasteiger partial charge in [-0.05, 0) is 47.7 Å². The fraction of sp³-hybridized carbons (Fsp3) is 0.250. The van der Waals surface area contributed by atoms with Crippen LogP contribution in [-0.4, -0.2) is 22.7 Å². The quantitative estimate of drug-likeness (QED) is 0.695. The molecule has 0 radical (unpaired) electrons. The monoisotopic (exact) mass is 356 g/mol. The number of hydrogen-bond donors (Lipinski definition) is 1. The standard InChI is InChI=1S/C20H21ClN2O2/c1-14-16(4-3-5-18(14)21)13-22(2)17-7-6-15-8-10-23(19(15)12-17)11-9-20(24)25/h3-8,10,12H,9,11,13H2,1-2H3,(H,24,25). The van der Waals surface area contributed by atoms with Gasteiger partial charge in [0.15, 0.2) is 0 Å². The van der Waals surface area contributed by atoms with E-state index in [9.17, 15) is 4.79 Å². The molecule has 0 bridgehead atoms. The van der Waals surface area contributed by atoms with E-state index in [0.717, 1.165) is 33.7 Å². The number of benzene rings is 2. The number of rotatable bonds is 6. The number of carboxylic acid groups (broad SMARTS) is 1. The predicted octanol–water partition coefficient (Wildman–Crippen LogP) is 4.71. The summed E-state index contributed by atoms with van der Waals surface area (Å²) in [6.45, 7) is 3.26. The highest BCUT2D eigenvalue weighted by Gasteiger charge is 2.09. The molecule has 5 heteroatoms. The van der Waals surface area contributed by atoms with Crippen molar-refractivity contribution in [3.05, 3.63) is 64.8 Å². The molecule has 4 nitrogen and oxygen atoms in total. The van der Waals surface area contributed by atoms with E-state index in [4.69, 9.17) is 16.7 Å². The van der Waals surface area contributed by atoms with Crippen LogP contribution in [-0.2, 0) is 17.9 Å². The highest BCUT2D eigenvalue weighted by atomic mass is 35.5. The zero-order valence-electron chi connectivity index (χ0n) is 14.4. The van der Waals surface area contributed by atoms with Gasteiger partial charge in [0, 0.05) is 37.0 Å². The van der Waals surface area contributed by atoms with E-state index in [1.165, 1.54) is 5.56 Å². The van der Waals surface area contributed by atoms with Crippen molar-refractivity contribution in [2.24, 2.45) is 0 Å². The number of aryl methyl sites for hydroxylation is 1. The average Bonchev–Trinajstić information content (AvgIpc) is 2.99. The molecule has 0 atom stereocenters. The van der Waals surface area contributed by atoms with Gasteiger partial charge in [-0.1, -0.05) is 29.8 Å². The summed E-state index contributed by atoms with van der Waals surface area (Å²) in [5.74, 6) is -0.786. The maximum absolute atomic E-state index is 10.8. The van der Waals surface area contributed by atoms with Gasteiger partial charge in [0.05, 0.1) is 11.9 Å². The normalized spacial score (nSPS) is 11.0. The van der Waals surface area contributed by atoms with Gasteiger partial charge in [-0.25, -0.2) is 0 Å². The van der Waals surface area contributed by atoms with E-state index in [1.54, 1.807) is 0 Å². The third-order valence-corrected chi connectivity index (χ3v) is 4.96. The summed E-state index contributed by atoms with van der Waals surface area (Å²) >= 11 is 6.22. The number of hydrogen-bond acceptors (Lipinski definition) is 2. The molecule has 1 heterocycles. The van der Waals surface area contributed by atoms with Crippen LogP contribution >= 0.6 is 11.6 Å². The average molecular weight is 357 g/mol. The summed E-state index contributed by atoms with van der Waals surface area (Å²) in [4.78, 5) is 13.0. The van der Waals surface area contributed by atoms with Gasteiger partial charge in [-0.3, -0.25) is 4.79 Å². The zero-order chi connectivity index (χ0) is 18.0. The third kappa shape index (κ3) is 3.80. The zero-order valence-corrected chi connectivity index (χ0v) is 15.1. The van der Waals surface area contributed by atoms with Crippen molar-refractivity contribution >= 4 is 34.2 Å². The highest BCUT2D eigenvalue weighted by Crippen LogP contribution is 2.26. The van der Waals surface area contributed by atoms with Crippen LogP contribution in [0, 0.1) is 6.92 Å². The van der Waals surface area contributed by atoms with Crippen molar-refractivity contribution in [1.29, 1.82) is 0 Å². The summed E-state index contributed by atoms with van der Waals surface area (Å²) in [6, 6.07) is 14.2. The van der Waals surface area contributed by atoms with E-state index in [1.807, 2.05) is 42.9 Å². The minimum Gasteiger partial charge on any atom is -0.481 e. The molecule has 1 aromatic heterocycles. The van der Waals surface area contributed by atoms with Crippen LogP contribution in [0.3, 0.4) is 0 Å². The molecular weight excluding hydrogens is 336 g/mol. The van der Waals surface area contributed by atoms with Crippen molar-refractivity contribution in [2.45, 2.75) is 26.4 Å². The Morgan fingerprint density at radius 2 is 2.04 bits per heavy atom. The molecule has 0 aliphatic rings. The lowest BCUT2D eigenvalue weighted by Gasteiger charge is -2.21. The molecule has 25 heavy (non-hydrogen) atoms. The Kier molecular flexibility index (Phi) is 5.00. The van der Waals surface area contributed by atoms with Crippen LogP contribution in [0.1, 0.15) is 17.5 Å². The van der Waals surface area contributed by atoms with Crippen LogP contribution in [0.2, 0.25) is 5.02 Å². The molecule has 0 saturated heterocycles. The third-order valence-electron chi connectivity index (χ3n) is 4.55. The fourth-order valence-corrected chi connectivity index (χ4v) is 3.19. The number of fused-ring (bicyclic) bond motifs is 1. The summed E-state index contributed by atoms with van der Waals surface area (Å²) < 4.78 is 1.99. The van der Waals surface area contributed by atoms with E-state index in [0.29, 0.717) is 6.54 Å². The van der Waals surface area contributed by atoms with Gasteiger partial charge in [0.25, 0.3) is 0 Å². The molecule has 0 aliphatic carbocycles. The first-order chi connectivity index (χ1) is 12.0. The topological polar surface area (TPSA) is 45.5 Å². The SMILES string of the molecule is Cc1c(Cl)cccc1CN(C)c1ccc2ccn(CCC(=O)O)c2c1. The fourth-order valence-electron chi connectivity index (χ4n) is 2.99. The van der Waals surface area contributed by atoms with Crippen molar-refractivity contribution in [1.82, 2.24) is 4.57 Å². The van der Waals surface area contributed by atoms with Crippen LogP contribution in [0.15, 0.2) is 48.7 Å². The highest BCUT2D eigenvalue weighted by molar-refractivity contribution is 6.31. The Labute approximate surface area is 152 Å². The van der Waals surface area contributed by atoms with Crippen LogP contribution in [0.25, 0.3) is 10.9 Å². The molecule has 2 aromatic carbocycles. The summed E-state index contributed by atoms with van der Waals surface area (Å²) in [7, 11) is 2.05. The number of anilines is 1. The van der Waals surface area contributed by atoms with Crippen LogP contribution < -0.4 is 4.90 Å². The summed E-state index contributed by atoms with van der Waals surface area (Å²) in [6.07, 6.45) is 2.06. The van der Waals surface area contributed by atoms with Gasteiger partial charge in [0.1, 0.15) is 0 Å². The molecule has 0 saturated carbocycles. The maximum atomic E-state index is 10.8. The molecule has 130 valence electrons. The maximum Gasteiger partial charge on any atom is 0.305 e. The first-order valence-electron chi connectivity index (χ1n) is 8.21. The lowest BCUT2D eigenvalue weighted by atomic mass is 10.1. The minimum atomic E-state index is -0.786. The lowest BCUT2D eigenvalue weighted by Crippen LogP contribution is -2.17. The predicted molar refractivity (Wildman–Crippen MR) is 102 cm³/mol. The molecule has 0 aliphatic heterocycles. The van der Waals surface area contributed by atoms with Crippen LogP contribution in [0.4, 0.5) is 5.69 Å². The number of carbonyl (C=O) groups is 1. The Morgan fingerprint density at radius 1 is 1.24 bits per heavy atom. The Morgan fingerprint density at radius 3 is 2.80 bits per heavy atom. The molecule has 3 aromatic rings. The second kappa shape index (κ2) is 7.19. The Balaban J connectivity index is 1.86. The molecule has 0 fully saturated rings. The molecule has 1 N–H and O–H groups in total. The Bertz CT molecular complexity index is 917. The first kappa shape index (κ1) is 17.4. The number of nitrogens with zero attached hydrogens (tertiary/aromatic N) is 2. The molecule has 0 amide bonds. The number of halogens is 1. The van der Waals surface area contributed by atoms with Gasteiger partial charge in [-0.15, -0.1) is 0 Å². The van der Waals surface area contributed by atoms with Gasteiger partial charge >= 0.3 is 5.97 Å². The number of aliphatic carboxylic acids is 1. The van der Waals surface area contributed by atoms with E-state index < -0.39 is 5.97 Å². The van der Waals surface area contributed by atoms with Crippen LogP contribution in [0.5, 0.6) is 0 Å². The Hall–Kier alpha value is -2.46. The van der Waals surface area contributed by atoms with Crippen molar-refractivity contribution < 1.29 is 9.90 Å². The largest absolute Gasteiger partial charge is 0.481 e. The molecule has 0 unspecified atom stereocenters. The number of aromatic nitrogens is 1. The van der Waals surface area contributed by atoms with Crippen molar-refractivity contribution in [2.75, 3.05) is 11.9 Å². The molecular formula is C20H21ClN2O2. The van der Waals surface area contributed by atoms with E-state index in [2.05, 4.69) is 29.2 Å². The van der Waals surface area contributed by atoms with Crippen molar-refractivity contribution in [3.8, 4) is 0 Å². The summed E-state index contributed by atoms with van der Waals surface area (Å²) in [5, 5.41) is 10.8. The van der Waals surface area contributed by atoms with Gasteiger partial charge in [-0.2, -0.15) is 0 Å². The van der Waals surface area contributed by atoms with Gasteiger partial charge < -0.3 is 14.6 Å². The second-order valence-corrected chi connectivity index (χ2v) is 6.68. The van der Waals surface area contributed by atoms with E-state index in [-0.39, 0.29) is 6.42 Å². The molecule has 3 rings (SSSR count). The summed E-state index contributed by atoms with van der Waals surface area (Å²) in [5.41, 5.74) is 4.42. The first-order valence-corrected chi connectivity index (χ1v) is 8.59. The smallest absolute Gasteiger partial charge is 0.305 e.